The molecule has 0 saturated carbocycles. The van der Waals surface area contributed by atoms with Gasteiger partial charge in [-0.05, 0) is 67.8 Å². The minimum absolute atomic E-state index is 0.144. The van der Waals surface area contributed by atoms with Crippen molar-refractivity contribution in [2.24, 2.45) is 0 Å². The van der Waals surface area contributed by atoms with E-state index < -0.39 is 17.8 Å². The largest absolute Gasteiger partial charge is 0.490 e. The summed E-state index contributed by atoms with van der Waals surface area (Å²) in [6.07, 6.45) is 1.38. The normalized spacial score (nSPS) is 15.0. The van der Waals surface area contributed by atoms with Crippen LogP contribution in [0.25, 0.3) is 6.08 Å². The van der Waals surface area contributed by atoms with Gasteiger partial charge in [0.2, 0.25) is 0 Å². The highest BCUT2D eigenvalue weighted by Gasteiger charge is 2.36. The SMILES string of the molecule is CCOc1cc(/C=C2\C(=O)NC(=O)N(c3ccc(C)c(C)c3)C2=O)ccc1OCC#N. The molecule has 8 nitrogen and oxygen atoms in total. The summed E-state index contributed by atoms with van der Waals surface area (Å²) in [6, 6.07) is 11.1. The Morgan fingerprint density at radius 2 is 1.81 bits per heavy atom. The average Bonchev–Trinajstić information content (AvgIpc) is 2.73. The standard InChI is InChI=1S/C23H21N3O5/c1-4-30-20-13-16(6-8-19(20)31-10-9-24)12-18-21(27)25-23(29)26(22(18)28)17-7-5-14(2)15(3)11-17/h5-8,11-13H,4,10H2,1-3H3,(H,25,27,29)/b18-12+. The topological polar surface area (TPSA) is 109 Å². The van der Waals surface area contributed by atoms with Crippen LogP contribution in [0.15, 0.2) is 42.0 Å². The molecule has 3 rings (SSSR count). The van der Waals surface area contributed by atoms with Crippen LogP contribution in [-0.4, -0.2) is 31.1 Å². The highest BCUT2D eigenvalue weighted by atomic mass is 16.5. The van der Waals surface area contributed by atoms with Gasteiger partial charge in [0.15, 0.2) is 18.1 Å². The summed E-state index contributed by atoms with van der Waals surface area (Å²) in [6.45, 7) is 5.81. The monoisotopic (exact) mass is 419 g/mol. The van der Waals surface area contributed by atoms with Gasteiger partial charge in [0.25, 0.3) is 11.8 Å². The Bertz CT molecular complexity index is 1130. The van der Waals surface area contributed by atoms with Crippen molar-refractivity contribution >= 4 is 29.6 Å². The van der Waals surface area contributed by atoms with E-state index in [0.717, 1.165) is 16.0 Å². The number of barbiturate groups is 1. The summed E-state index contributed by atoms with van der Waals surface area (Å²) >= 11 is 0. The second-order valence-corrected chi connectivity index (χ2v) is 6.81. The number of hydrogen-bond acceptors (Lipinski definition) is 6. The highest BCUT2D eigenvalue weighted by molar-refractivity contribution is 6.39. The van der Waals surface area contributed by atoms with Crippen molar-refractivity contribution in [1.29, 1.82) is 5.26 Å². The molecule has 1 aliphatic rings. The number of anilines is 1. The van der Waals surface area contributed by atoms with Crippen molar-refractivity contribution < 1.29 is 23.9 Å². The van der Waals surface area contributed by atoms with Gasteiger partial charge in [0.1, 0.15) is 11.6 Å². The molecule has 31 heavy (non-hydrogen) atoms. The molecule has 0 atom stereocenters. The zero-order valence-corrected chi connectivity index (χ0v) is 17.4. The number of aryl methyl sites for hydroxylation is 2. The van der Waals surface area contributed by atoms with Crippen LogP contribution in [0.2, 0.25) is 0 Å². The van der Waals surface area contributed by atoms with Crippen LogP contribution in [0.4, 0.5) is 10.5 Å². The molecule has 1 saturated heterocycles. The van der Waals surface area contributed by atoms with Crippen LogP contribution in [-0.2, 0) is 9.59 Å². The summed E-state index contributed by atoms with van der Waals surface area (Å²) in [5.74, 6) is -0.757. The van der Waals surface area contributed by atoms with Crippen molar-refractivity contribution in [3.8, 4) is 17.6 Å². The lowest BCUT2D eigenvalue weighted by atomic mass is 10.0. The average molecular weight is 419 g/mol. The minimum atomic E-state index is -0.800. The maximum Gasteiger partial charge on any atom is 0.335 e. The number of ether oxygens (including phenoxy) is 2. The van der Waals surface area contributed by atoms with Crippen LogP contribution in [0.5, 0.6) is 11.5 Å². The second-order valence-electron chi connectivity index (χ2n) is 6.81. The van der Waals surface area contributed by atoms with Crippen LogP contribution in [0.1, 0.15) is 23.6 Å². The third-order valence-corrected chi connectivity index (χ3v) is 4.72. The molecule has 0 spiro atoms. The van der Waals surface area contributed by atoms with E-state index in [2.05, 4.69) is 5.32 Å². The van der Waals surface area contributed by atoms with E-state index in [4.69, 9.17) is 14.7 Å². The fourth-order valence-electron chi connectivity index (χ4n) is 3.04. The maximum absolute atomic E-state index is 13.1. The Balaban J connectivity index is 1.98. The molecule has 2 aromatic rings. The number of carbonyl (C=O) groups is 3. The van der Waals surface area contributed by atoms with Crippen molar-refractivity contribution in [2.75, 3.05) is 18.1 Å². The first-order valence-electron chi connectivity index (χ1n) is 9.61. The summed E-state index contributed by atoms with van der Waals surface area (Å²) < 4.78 is 10.9. The Kier molecular flexibility index (Phi) is 6.36. The van der Waals surface area contributed by atoms with Gasteiger partial charge in [-0.3, -0.25) is 14.9 Å². The van der Waals surface area contributed by atoms with E-state index in [1.807, 2.05) is 19.9 Å². The number of rotatable bonds is 6. The van der Waals surface area contributed by atoms with Gasteiger partial charge in [0, 0.05) is 0 Å². The third kappa shape index (κ3) is 4.56. The lowest BCUT2D eigenvalue weighted by molar-refractivity contribution is -0.122. The van der Waals surface area contributed by atoms with Gasteiger partial charge in [-0.2, -0.15) is 5.26 Å². The van der Waals surface area contributed by atoms with Gasteiger partial charge >= 0.3 is 6.03 Å². The Morgan fingerprint density at radius 1 is 1.03 bits per heavy atom. The number of benzene rings is 2. The summed E-state index contributed by atoms with van der Waals surface area (Å²) in [4.78, 5) is 38.8. The van der Waals surface area contributed by atoms with Crippen LogP contribution in [0.3, 0.4) is 0 Å². The highest BCUT2D eigenvalue weighted by Crippen LogP contribution is 2.30. The molecular weight excluding hydrogens is 398 g/mol. The Hall–Kier alpha value is -4.12. The summed E-state index contributed by atoms with van der Waals surface area (Å²) in [5, 5.41) is 10.9. The van der Waals surface area contributed by atoms with Crippen molar-refractivity contribution in [1.82, 2.24) is 5.32 Å². The fourth-order valence-corrected chi connectivity index (χ4v) is 3.04. The third-order valence-electron chi connectivity index (χ3n) is 4.72. The van der Waals surface area contributed by atoms with Crippen molar-refractivity contribution in [3.05, 3.63) is 58.7 Å². The molecule has 158 valence electrons. The fraction of sp³-hybridized carbons (Fsp3) is 0.217. The maximum atomic E-state index is 13.1. The first kappa shape index (κ1) is 21.6. The van der Waals surface area contributed by atoms with Crippen LogP contribution < -0.4 is 19.7 Å². The number of imide groups is 2. The Labute approximate surface area is 179 Å². The number of hydrogen-bond donors (Lipinski definition) is 1. The van der Waals surface area contributed by atoms with Gasteiger partial charge in [0.05, 0.1) is 12.3 Å². The molecule has 1 fully saturated rings. The molecule has 1 N–H and O–H groups in total. The lowest BCUT2D eigenvalue weighted by Gasteiger charge is -2.26. The molecule has 0 bridgehead atoms. The van der Waals surface area contributed by atoms with E-state index in [-0.39, 0.29) is 12.2 Å². The zero-order valence-electron chi connectivity index (χ0n) is 17.4. The quantitative estimate of drug-likeness (QED) is 0.569. The van der Waals surface area contributed by atoms with E-state index in [1.54, 1.807) is 43.3 Å². The van der Waals surface area contributed by atoms with E-state index in [0.29, 0.717) is 29.4 Å². The number of nitrogens with zero attached hydrogens (tertiary/aromatic N) is 2. The van der Waals surface area contributed by atoms with Gasteiger partial charge < -0.3 is 9.47 Å². The molecule has 2 aromatic carbocycles. The zero-order chi connectivity index (χ0) is 22.5. The second kappa shape index (κ2) is 9.13. The van der Waals surface area contributed by atoms with E-state index in [9.17, 15) is 14.4 Å². The smallest absolute Gasteiger partial charge is 0.335 e. The lowest BCUT2D eigenvalue weighted by Crippen LogP contribution is -2.54. The first-order valence-corrected chi connectivity index (χ1v) is 9.61. The van der Waals surface area contributed by atoms with Crippen molar-refractivity contribution in [3.63, 3.8) is 0 Å². The molecule has 4 amide bonds. The Morgan fingerprint density at radius 3 is 2.48 bits per heavy atom. The van der Waals surface area contributed by atoms with Crippen LogP contribution in [0, 0.1) is 25.2 Å². The molecule has 0 aliphatic carbocycles. The van der Waals surface area contributed by atoms with E-state index in [1.165, 1.54) is 6.08 Å². The predicted octanol–water partition coefficient (Wildman–Crippen LogP) is 3.27. The molecule has 0 unspecified atom stereocenters. The van der Waals surface area contributed by atoms with Crippen LogP contribution >= 0.6 is 0 Å². The number of amides is 4. The molecule has 0 radical (unpaired) electrons. The first-order chi connectivity index (χ1) is 14.8. The molecule has 8 heteroatoms. The predicted molar refractivity (Wildman–Crippen MR) is 114 cm³/mol. The van der Waals surface area contributed by atoms with Crippen molar-refractivity contribution in [2.45, 2.75) is 20.8 Å². The summed E-state index contributed by atoms with van der Waals surface area (Å²) in [7, 11) is 0. The summed E-state index contributed by atoms with van der Waals surface area (Å²) in [5.41, 5.74) is 2.61. The number of carbonyl (C=O) groups excluding carboxylic acids is 3. The van der Waals surface area contributed by atoms with Gasteiger partial charge in [-0.1, -0.05) is 12.1 Å². The number of urea groups is 1. The van der Waals surface area contributed by atoms with E-state index >= 15 is 0 Å². The molecular formula is C23H21N3O5. The minimum Gasteiger partial charge on any atom is -0.490 e. The number of nitriles is 1. The molecule has 1 aliphatic heterocycles. The molecule has 1 heterocycles. The number of nitrogens with one attached hydrogen (secondary N) is 1. The van der Waals surface area contributed by atoms with Gasteiger partial charge in [-0.25, -0.2) is 9.69 Å². The molecule has 0 aromatic heterocycles. The van der Waals surface area contributed by atoms with Gasteiger partial charge in [-0.15, -0.1) is 0 Å².